The summed E-state index contributed by atoms with van der Waals surface area (Å²) in [5.41, 5.74) is 2.50. The summed E-state index contributed by atoms with van der Waals surface area (Å²) in [5, 5.41) is 0. The third-order valence-corrected chi connectivity index (χ3v) is 5.75. The second-order valence-electron chi connectivity index (χ2n) is 6.71. The Kier molecular flexibility index (Phi) is 5.31. The van der Waals surface area contributed by atoms with Gasteiger partial charge in [0.15, 0.2) is 10.6 Å². The van der Waals surface area contributed by atoms with Crippen molar-refractivity contribution in [2.24, 2.45) is 4.99 Å². The molecule has 1 aromatic heterocycles. The van der Waals surface area contributed by atoms with E-state index in [1.165, 1.54) is 11.3 Å². The predicted octanol–water partition coefficient (Wildman–Crippen LogP) is 2.39. The van der Waals surface area contributed by atoms with E-state index in [-0.39, 0.29) is 11.3 Å². The zero-order chi connectivity index (χ0) is 20.4. The van der Waals surface area contributed by atoms with Crippen molar-refractivity contribution in [3.8, 4) is 5.75 Å². The molecule has 0 saturated carbocycles. The Morgan fingerprint density at radius 1 is 1.17 bits per heavy atom. The number of carbonyl (C=O) groups excluding carboxylic acids is 1. The molecule has 0 radical (unpaired) electrons. The Morgan fingerprint density at radius 2 is 1.90 bits per heavy atom. The van der Waals surface area contributed by atoms with Crippen LogP contribution in [-0.4, -0.2) is 23.6 Å². The Morgan fingerprint density at radius 3 is 2.55 bits per heavy atom. The third kappa shape index (κ3) is 4.00. The monoisotopic (exact) mass is 407 g/mol. The fourth-order valence-corrected chi connectivity index (χ4v) is 4.12. The zero-order valence-electron chi connectivity index (χ0n) is 16.3. The first-order valence-corrected chi connectivity index (χ1v) is 10.2. The summed E-state index contributed by atoms with van der Waals surface area (Å²) in [6, 6.07) is 15.1. The number of Topliss-reactive ketones (excluding diaryl/α,β-unsaturated/α-hetero) is 1. The minimum absolute atomic E-state index is 0.0330. The molecule has 0 amide bonds. The van der Waals surface area contributed by atoms with Gasteiger partial charge in [-0.15, -0.1) is 0 Å². The van der Waals surface area contributed by atoms with Crippen LogP contribution in [0, 0.1) is 0 Å². The molecule has 4 rings (SSSR count). The molecule has 0 atom stereocenters. The highest BCUT2D eigenvalue weighted by Crippen LogP contribution is 2.17. The van der Waals surface area contributed by atoms with Crippen LogP contribution in [0.15, 0.2) is 58.3 Å². The molecule has 6 nitrogen and oxygen atoms in total. The van der Waals surface area contributed by atoms with Crippen LogP contribution in [0.4, 0.5) is 5.69 Å². The molecule has 2 aromatic carbocycles. The van der Waals surface area contributed by atoms with Crippen molar-refractivity contribution >= 4 is 28.9 Å². The Labute approximate surface area is 172 Å². The van der Waals surface area contributed by atoms with Gasteiger partial charge in [-0.2, -0.15) is 0 Å². The fraction of sp³-hybridized carbons (Fsp3) is 0.227. The first kappa shape index (κ1) is 19.1. The number of anilines is 1. The Bertz CT molecular complexity index is 1210. The van der Waals surface area contributed by atoms with E-state index >= 15 is 0 Å². The van der Waals surface area contributed by atoms with E-state index < -0.39 is 0 Å². The predicted molar refractivity (Wildman–Crippen MR) is 114 cm³/mol. The van der Waals surface area contributed by atoms with Crippen LogP contribution in [-0.2, 0) is 6.67 Å². The standard InChI is InChI=1S/C22H21N3O3S/c1-3-28-19-10-4-16(5-11-19)12-20-21(27)25-14-24(13-23-22(25)29-20)18-8-6-17(7-9-18)15(2)26/h4-12H,3,13-14H2,1-2H3. The molecule has 148 valence electrons. The average molecular weight is 407 g/mol. The van der Waals surface area contributed by atoms with Crippen LogP contribution < -0.4 is 24.5 Å². The molecule has 2 heterocycles. The first-order chi connectivity index (χ1) is 14.0. The molecule has 0 unspecified atom stereocenters. The van der Waals surface area contributed by atoms with E-state index in [0.717, 1.165) is 21.8 Å². The van der Waals surface area contributed by atoms with Gasteiger partial charge in [-0.25, -0.2) is 4.99 Å². The van der Waals surface area contributed by atoms with E-state index in [1.54, 1.807) is 23.6 Å². The van der Waals surface area contributed by atoms with Gasteiger partial charge in [0, 0.05) is 11.3 Å². The summed E-state index contributed by atoms with van der Waals surface area (Å²) in [6.45, 7) is 5.02. The lowest BCUT2D eigenvalue weighted by molar-refractivity contribution is 0.101. The maximum atomic E-state index is 12.9. The van der Waals surface area contributed by atoms with Crippen molar-refractivity contribution < 1.29 is 9.53 Å². The van der Waals surface area contributed by atoms with Gasteiger partial charge >= 0.3 is 0 Å². The second kappa shape index (κ2) is 8.05. The van der Waals surface area contributed by atoms with Crippen molar-refractivity contribution in [1.82, 2.24) is 4.57 Å². The number of thiazole rings is 1. The molecule has 0 aliphatic carbocycles. The molecule has 1 aliphatic rings. The smallest absolute Gasteiger partial charge is 0.271 e. The van der Waals surface area contributed by atoms with E-state index in [9.17, 15) is 9.59 Å². The number of benzene rings is 2. The van der Waals surface area contributed by atoms with Crippen LogP contribution in [0.25, 0.3) is 6.08 Å². The Hall–Kier alpha value is -3.19. The molecular weight excluding hydrogens is 386 g/mol. The maximum absolute atomic E-state index is 12.9. The highest BCUT2D eigenvalue weighted by atomic mass is 32.1. The number of rotatable bonds is 5. The minimum atomic E-state index is -0.0484. The van der Waals surface area contributed by atoms with Crippen molar-refractivity contribution in [2.75, 3.05) is 18.2 Å². The van der Waals surface area contributed by atoms with Gasteiger partial charge in [0.05, 0.1) is 11.1 Å². The highest BCUT2D eigenvalue weighted by Gasteiger charge is 2.16. The summed E-state index contributed by atoms with van der Waals surface area (Å²) >= 11 is 1.40. The molecular formula is C22H21N3O3S. The third-order valence-electron chi connectivity index (χ3n) is 4.70. The molecule has 0 spiro atoms. The normalized spacial score (nSPS) is 13.7. The maximum Gasteiger partial charge on any atom is 0.271 e. The summed E-state index contributed by atoms with van der Waals surface area (Å²) in [5.74, 6) is 0.846. The highest BCUT2D eigenvalue weighted by molar-refractivity contribution is 7.07. The van der Waals surface area contributed by atoms with Crippen LogP contribution >= 0.6 is 11.3 Å². The number of hydrogen-bond donors (Lipinski definition) is 0. The van der Waals surface area contributed by atoms with Gasteiger partial charge in [-0.3, -0.25) is 14.2 Å². The average Bonchev–Trinajstić information content (AvgIpc) is 3.04. The second-order valence-corrected chi connectivity index (χ2v) is 7.72. The molecule has 7 heteroatoms. The fourth-order valence-electron chi connectivity index (χ4n) is 3.16. The lowest BCUT2D eigenvalue weighted by Gasteiger charge is -2.25. The van der Waals surface area contributed by atoms with Gasteiger partial charge in [-0.1, -0.05) is 23.5 Å². The topological polar surface area (TPSA) is 63.9 Å². The van der Waals surface area contributed by atoms with Crippen molar-refractivity contribution in [3.63, 3.8) is 0 Å². The number of ether oxygens (including phenoxy) is 1. The SMILES string of the molecule is CCOc1ccc(C=c2sc3n(c2=O)CN(c2ccc(C(C)=O)cc2)CN=3)cc1. The summed E-state index contributed by atoms with van der Waals surface area (Å²) in [7, 11) is 0. The van der Waals surface area contributed by atoms with Crippen molar-refractivity contribution in [2.45, 2.75) is 20.5 Å². The van der Waals surface area contributed by atoms with E-state index in [2.05, 4.69) is 4.99 Å². The molecule has 3 aromatic rings. The molecule has 0 saturated heterocycles. The van der Waals surface area contributed by atoms with E-state index in [1.807, 2.05) is 54.3 Å². The number of ketones is 1. The molecule has 29 heavy (non-hydrogen) atoms. The van der Waals surface area contributed by atoms with Crippen molar-refractivity contribution in [1.29, 1.82) is 0 Å². The first-order valence-electron chi connectivity index (χ1n) is 9.40. The van der Waals surface area contributed by atoms with Gasteiger partial charge in [-0.05, 0) is 61.9 Å². The van der Waals surface area contributed by atoms with E-state index in [4.69, 9.17) is 4.74 Å². The summed E-state index contributed by atoms with van der Waals surface area (Å²) < 4.78 is 7.80. The molecule has 1 aliphatic heterocycles. The quantitative estimate of drug-likeness (QED) is 0.610. The van der Waals surface area contributed by atoms with E-state index in [0.29, 0.717) is 30.0 Å². The van der Waals surface area contributed by atoms with Gasteiger partial charge in [0.25, 0.3) is 5.56 Å². The van der Waals surface area contributed by atoms with Crippen LogP contribution in [0.5, 0.6) is 5.75 Å². The molecule has 0 N–H and O–H groups in total. The van der Waals surface area contributed by atoms with Crippen LogP contribution in [0.3, 0.4) is 0 Å². The molecule has 0 fully saturated rings. The lowest BCUT2D eigenvalue weighted by atomic mass is 10.1. The number of hydrogen-bond acceptors (Lipinski definition) is 6. The summed E-state index contributed by atoms with van der Waals surface area (Å²) in [6.07, 6.45) is 1.88. The number of carbonyl (C=O) groups is 1. The van der Waals surface area contributed by atoms with Gasteiger partial charge < -0.3 is 9.64 Å². The number of fused-ring (bicyclic) bond motifs is 1. The lowest BCUT2D eigenvalue weighted by Crippen LogP contribution is -2.42. The number of nitrogens with zero attached hydrogens (tertiary/aromatic N) is 3. The van der Waals surface area contributed by atoms with Crippen LogP contribution in [0.1, 0.15) is 29.8 Å². The zero-order valence-corrected chi connectivity index (χ0v) is 17.1. The Balaban J connectivity index is 1.61. The summed E-state index contributed by atoms with van der Waals surface area (Å²) in [4.78, 5) is 31.7. The van der Waals surface area contributed by atoms with Crippen molar-refractivity contribution in [3.05, 3.63) is 79.3 Å². The van der Waals surface area contributed by atoms with Crippen LogP contribution in [0.2, 0.25) is 0 Å². The molecule has 0 bridgehead atoms. The minimum Gasteiger partial charge on any atom is -0.494 e. The van der Waals surface area contributed by atoms with Gasteiger partial charge in [0.1, 0.15) is 19.1 Å². The number of aromatic nitrogens is 1. The largest absolute Gasteiger partial charge is 0.494 e. The van der Waals surface area contributed by atoms with Gasteiger partial charge in [0.2, 0.25) is 0 Å².